The number of aliphatic hydroxyl groups is 1. The lowest BCUT2D eigenvalue weighted by Crippen LogP contribution is -2.59. The molecule has 0 aromatic heterocycles. The molecule has 2 aliphatic rings. The monoisotopic (exact) mass is 364 g/mol. The van der Waals surface area contributed by atoms with Gasteiger partial charge in [-0.1, -0.05) is 12.1 Å². The van der Waals surface area contributed by atoms with E-state index in [-0.39, 0.29) is 5.91 Å². The number of carbonyl (C=O) groups is 1. The van der Waals surface area contributed by atoms with Crippen LogP contribution in [0.1, 0.15) is 18.4 Å². The van der Waals surface area contributed by atoms with Crippen LogP contribution in [0.5, 0.6) is 11.5 Å². The Bertz CT molecular complexity index is 632. The van der Waals surface area contributed by atoms with Gasteiger partial charge in [0.15, 0.2) is 17.1 Å². The van der Waals surface area contributed by atoms with Gasteiger partial charge in [-0.15, -0.1) is 0 Å². The van der Waals surface area contributed by atoms with Crippen molar-refractivity contribution in [1.82, 2.24) is 9.80 Å². The van der Waals surface area contributed by atoms with Gasteiger partial charge < -0.3 is 24.2 Å². The molecule has 144 valence electrons. The Morgan fingerprint density at radius 2 is 1.96 bits per heavy atom. The van der Waals surface area contributed by atoms with E-state index in [9.17, 15) is 9.90 Å². The van der Waals surface area contributed by atoms with Gasteiger partial charge in [-0.25, -0.2) is 0 Å². The second kappa shape index (κ2) is 8.24. The summed E-state index contributed by atoms with van der Waals surface area (Å²) in [4.78, 5) is 16.9. The Balaban J connectivity index is 1.73. The van der Waals surface area contributed by atoms with Crippen molar-refractivity contribution < 1.29 is 24.1 Å². The van der Waals surface area contributed by atoms with Gasteiger partial charge >= 0.3 is 0 Å². The zero-order valence-electron chi connectivity index (χ0n) is 15.6. The van der Waals surface area contributed by atoms with E-state index in [0.29, 0.717) is 50.8 Å². The van der Waals surface area contributed by atoms with Gasteiger partial charge in [0.25, 0.3) is 5.91 Å². The molecule has 2 saturated heterocycles. The molecule has 0 unspecified atom stereocenters. The SMILES string of the molecule is COc1cccc(CN2CCC[C@](O)(CN3CCOCC3)C2=O)c1OC. The molecule has 1 atom stereocenters. The summed E-state index contributed by atoms with van der Waals surface area (Å²) in [5.41, 5.74) is -0.461. The summed E-state index contributed by atoms with van der Waals surface area (Å²) in [5.74, 6) is 1.06. The first-order valence-corrected chi connectivity index (χ1v) is 9.09. The average molecular weight is 364 g/mol. The van der Waals surface area contributed by atoms with Gasteiger partial charge in [-0.3, -0.25) is 9.69 Å². The fourth-order valence-corrected chi connectivity index (χ4v) is 3.78. The van der Waals surface area contributed by atoms with Crippen LogP contribution >= 0.6 is 0 Å². The number of hydrogen-bond acceptors (Lipinski definition) is 6. The van der Waals surface area contributed by atoms with E-state index < -0.39 is 5.60 Å². The maximum atomic E-state index is 13.0. The van der Waals surface area contributed by atoms with Crippen LogP contribution in [0.3, 0.4) is 0 Å². The van der Waals surface area contributed by atoms with Gasteiger partial charge in [-0.2, -0.15) is 0 Å². The number of methoxy groups -OCH3 is 2. The minimum atomic E-state index is -1.33. The third-order valence-corrected chi connectivity index (χ3v) is 5.14. The van der Waals surface area contributed by atoms with Gasteiger partial charge in [0.2, 0.25) is 0 Å². The number of likely N-dealkylation sites (tertiary alicyclic amines) is 1. The number of benzene rings is 1. The number of β-amino-alcohol motifs (C(OH)–C–C–N with tert-alkyl or cyclic N) is 1. The standard InChI is InChI=1S/C19H28N2O5/c1-24-16-6-3-5-15(17(16)25-2)13-21-8-4-7-19(23,18(21)22)14-20-9-11-26-12-10-20/h3,5-6,23H,4,7-14H2,1-2H3/t19-/m0/s1. The Morgan fingerprint density at radius 3 is 2.65 bits per heavy atom. The summed E-state index contributed by atoms with van der Waals surface area (Å²) in [5, 5.41) is 11.0. The van der Waals surface area contributed by atoms with Gasteiger partial charge in [0.1, 0.15) is 0 Å². The van der Waals surface area contributed by atoms with Crippen LogP contribution in [0.4, 0.5) is 0 Å². The Hall–Kier alpha value is -1.83. The molecule has 1 aromatic carbocycles. The number of carbonyl (C=O) groups excluding carboxylic acids is 1. The van der Waals surface area contributed by atoms with Crippen LogP contribution in [-0.4, -0.2) is 80.0 Å². The zero-order valence-corrected chi connectivity index (χ0v) is 15.6. The van der Waals surface area contributed by atoms with E-state index in [1.54, 1.807) is 19.1 Å². The van der Waals surface area contributed by atoms with Crippen molar-refractivity contribution >= 4 is 5.91 Å². The molecule has 0 radical (unpaired) electrons. The van der Waals surface area contributed by atoms with Crippen molar-refractivity contribution in [3.63, 3.8) is 0 Å². The normalized spacial score (nSPS) is 24.6. The van der Waals surface area contributed by atoms with E-state index in [0.717, 1.165) is 25.1 Å². The Kier molecular flexibility index (Phi) is 6.01. The molecule has 0 aliphatic carbocycles. The van der Waals surface area contributed by atoms with Crippen molar-refractivity contribution in [2.45, 2.75) is 25.0 Å². The van der Waals surface area contributed by atoms with Crippen molar-refractivity contribution in [2.24, 2.45) is 0 Å². The molecule has 0 bridgehead atoms. The highest BCUT2D eigenvalue weighted by Gasteiger charge is 2.43. The molecule has 0 spiro atoms. The number of rotatable bonds is 6. The van der Waals surface area contributed by atoms with E-state index in [4.69, 9.17) is 14.2 Å². The summed E-state index contributed by atoms with van der Waals surface area (Å²) >= 11 is 0. The van der Waals surface area contributed by atoms with Gasteiger partial charge in [0.05, 0.1) is 27.4 Å². The smallest absolute Gasteiger partial charge is 0.256 e. The molecule has 1 N–H and O–H groups in total. The molecular formula is C19H28N2O5. The minimum absolute atomic E-state index is 0.208. The maximum absolute atomic E-state index is 13.0. The Labute approximate surface area is 154 Å². The number of para-hydroxylation sites is 1. The second-order valence-corrected chi connectivity index (χ2v) is 6.90. The van der Waals surface area contributed by atoms with Crippen LogP contribution in [0.15, 0.2) is 18.2 Å². The number of hydrogen-bond donors (Lipinski definition) is 1. The van der Waals surface area contributed by atoms with Crippen LogP contribution in [0.2, 0.25) is 0 Å². The number of piperidine rings is 1. The summed E-state index contributed by atoms with van der Waals surface area (Å²) < 4.78 is 16.2. The van der Waals surface area contributed by atoms with E-state index in [1.807, 2.05) is 18.2 Å². The molecule has 0 saturated carbocycles. The predicted molar refractivity (Wildman–Crippen MR) is 96.4 cm³/mol. The van der Waals surface area contributed by atoms with Crippen molar-refractivity contribution in [3.05, 3.63) is 23.8 Å². The minimum Gasteiger partial charge on any atom is -0.493 e. The zero-order chi connectivity index (χ0) is 18.6. The van der Waals surface area contributed by atoms with E-state index in [1.165, 1.54) is 0 Å². The van der Waals surface area contributed by atoms with Crippen LogP contribution < -0.4 is 9.47 Å². The van der Waals surface area contributed by atoms with E-state index in [2.05, 4.69) is 4.90 Å². The third-order valence-electron chi connectivity index (χ3n) is 5.14. The molecule has 2 fully saturated rings. The topological polar surface area (TPSA) is 71.5 Å². The number of ether oxygens (including phenoxy) is 3. The summed E-state index contributed by atoms with van der Waals surface area (Å²) in [6, 6.07) is 5.63. The molecule has 26 heavy (non-hydrogen) atoms. The molecular weight excluding hydrogens is 336 g/mol. The number of morpholine rings is 1. The lowest BCUT2D eigenvalue weighted by Gasteiger charge is -2.41. The second-order valence-electron chi connectivity index (χ2n) is 6.90. The fraction of sp³-hybridized carbons (Fsp3) is 0.632. The lowest BCUT2D eigenvalue weighted by molar-refractivity contribution is -0.161. The third kappa shape index (κ3) is 3.95. The first-order chi connectivity index (χ1) is 12.6. The molecule has 1 aromatic rings. The lowest BCUT2D eigenvalue weighted by atomic mass is 9.90. The molecule has 2 aliphatic heterocycles. The highest BCUT2D eigenvalue weighted by atomic mass is 16.5. The van der Waals surface area contributed by atoms with Crippen molar-refractivity contribution in [1.29, 1.82) is 0 Å². The summed E-state index contributed by atoms with van der Waals surface area (Å²) in [7, 11) is 3.18. The molecule has 7 heteroatoms. The van der Waals surface area contributed by atoms with Crippen LogP contribution in [0, 0.1) is 0 Å². The maximum Gasteiger partial charge on any atom is 0.256 e. The number of nitrogens with zero attached hydrogens (tertiary/aromatic N) is 2. The van der Waals surface area contributed by atoms with Crippen LogP contribution in [-0.2, 0) is 16.1 Å². The highest BCUT2D eigenvalue weighted by Crippen LogP contribution is 2.33. The van der Waals surface area contributed by atoms with Gasteiger partial charge in [-0.05, 0) is 18.9 Å². The average Bonchev–Trinajstić information content (AvgIpc) is 2.66. The number of amides is 1. The molecule has 7 nitrogen and oxygen atoms in total. The molecule has 1 amide bonds. The molecule has 2 heterocycles. The summed E-state index contributed by atoms with van der Waals surface area (Å²) in [6.45, 7) is 4.18. The first kappa shape index (κ1) is 18.9. The molecule has 3 rings (SSSR count). The van der Waals surface area contributed by atoms with Crippen molar-refractivity contribution in [3.8, 4) is 11.5 Å². The predicted octanol–water partition coefficient (Wildman–Crippen LogP) is 0.889. The summed E-state index contributed by atoms with van der Waals surface area (Å²) in [6.07, 6.45) is 1.27. The quantitative estimate of drug-likeness (QED) is 0.808. The van der Waals surface area contributed by atoms with Crippen molar-refractivity contribution in [2.75, 3.05) is 53.6 Å². The Morgan fingerprint density at radius 1 is 1.19 bits per heavy atom. The van der Waals surface area contributed by atoms with Crippen LogP contribution in [0.25, 0.3) is 0 Å². The van der Waals surface area contributed by atoms with Gasteiger partial charge in [0, 0.05) is 38.3 Å². The largest absolute Gasteiger partial charge is 0.493 e. The highest BCUT2D eigenvalue weighted by molar-refractivity contribution is 5.86. The first-order valence-electron chi connectivity index (χ1n) is 9.09. The van der Waals surface area contributed by atoms with E-state index >= 15 is 0 Å². The fourth-order valence-electron chi connectivity index (χ4n) is 3.78.